The highest BCUT2D eigenvalue weighted by Crippen LogP contribution is 2.24. The topological polar surface area (TPSA) is 96.0 Å². The second-order valence-corrected chi connectivity index (χ2v) is 6.32. The largest absolute Gasteiger partial charge is 0.398 e. The maximum absolute atomic E-state index is 12.0. The van der Waals surface area contributed by atoms with Crippen LogP contribution in [0.4, 0.5) is 11.4 Å². The number of nitrogens with zero attached hydrogens (tertiary/aromatic N) is 1. The average molecular weight is 279 g/mol. The van der Waals surface area contributed by atoms with E-state index in [4.69, 9.17) is 11.0 Å². The lowest BCUT2D eigenvalue weighted by atomic mass is 10.2. The average Bonchev–Trinajstić information content (AvgIpc) is 2.76. The molecular weight excluding hydrogens is 270 g/mol. The van der Waals surface area contributed by atoms with Gasteiger partial charge in [0.05, 0.1) is 17.3 Å². The van der Waals surface area contributed by atoms with Crippen LogP contribution in [-0.4, -0.2) is 8.42 Å². The zero-order chi connectivity index (χ0) is 13.2. The summed E-state index contributed by atoms with van der Waals surface area (Å²) < 4.78 is 26.5. The molecule has 2 aromatic rings. The Morgan fingerprint density at radius 1 is 1.33 bits per heavy atom. The predicted octanol–water partition coefficient (Wildman–Crippen LogP) is 2.00. The number of hydrogen-bond acceptors (Lipinski definition) is 5. The molecule has 1 aromatic heterocycles. The van der Waals surface area contributed by atoms with E-state index in [0.29, 0.717) is 16.9 Å². The Morgan fingerprint density at radius 2 is 2.11 bits per heavy atom. The van der Waals surface area contributed by atoms with Gasteiger partial charge < -0.3 is 5.73 Å². The van der Waals surface area contributed by atoms with Gasteiger partial charge in [0, 0.05) is 11.1 Å². The molecule has 2 rings (SSSR count). The van der Waals surface area contributed by atoms with Crippen molar-refractivity contribution >= 4 is 32.7 Å². The maximum atomic E-state index is 12.0. The maximum Gasteiger partial charge on any atom is 0.271 e. The molecule has 18 heavy (non-hydrogen) atoms. The molecule has 0 unspecified atom stereocenters. The van der Waals surface area contributed by atoms with Crippen LogP contribution in [0, 0.1) is 11.3 Å². The summed E-state index contributed by atoms with van der Waals surface area (Å²) in [6, 6.07) is 9.59. The molecule has 3 N–H and O–H groups in total. The van der Waals surface area contributed by atoms with Crippen LogP contribution in [0.25, 0.3) is 0 Å². The number of nitrogens with two attached hydrogens (primary N) is 1. The number of anilines is 2. The van der Waals surface area contributed by atoms with Crippen molar-refractivity contribution < 1.29 is 8.42 Å². The zero-order valence-electron chi connectivity index (χ0n) is 9.12. The van der Waals surface area contributed by atoms with Gasteiger partial charge in [0.15, 0.2) is 0 Å². The van der Waals surface area contributed by atoms with Crippen molar-refractivity contribution in [2.45, 2.75) is 4.21 Å². The Morgan fingerprint density at radius 3 is 2.72 bits per heavy atom. The fraction of sp³-hybridized carbons (Fsp3) is 0. The first kappa shape index (κ1) is 12.4. The molecule has 0 radical (unpaired) electrons. The fourth-order valence-electron chi connectivity index (χ4n) is 1.33. The van der Waals surface area contributed by atoms with E-state index in [0.717, 1.165) is 11.3 Å². The second-order valence-electron chi connectivity index (χ2n) is 3.50. The molecule has 5 nitrogen and oxygen atoms in total. The number of sulfonamides is 1. The minimum Gasteiger partial charge on any atom is -0.398 e. The standard InChI is InChI=1S/C11H9N3O2S2/c12-6-8-2-1-3-10(4-8)14-18(15,16)11-5-9(13)7-17-11/h1-5,7,14H,13H2. The molecule has 7 heteroatoms. The van der Waals surface area contributed by atoms with Crippen LogP contribution in [0.1, 0.15) is 5.56 Å². The quantitative estimate of drug-likeness (QED) is 0.898. The molecule has 0 bridgehead atoms. The van der Waals surface area contributed by atoms with Gasteiger partial charge in [-0.2, -0.15) is 5.26 Å². The molecule has 1 heterocycles. The number of hydrogen-bond donors (Lipinski definition) is 2. The third-order valence-corrected chi connectivity index (χ3v) is 4.94. The monoisotopic (exact) mass is 279 g/mol. The first-order valence-electron chi connectivity index (χ1n) is 4.88. The lowest BCUT2D eigenvalue weighted by Crippen LogP contribution is -2.11. The number of nitriles is 1. The molecule has 0 saturated heterocycles. The van der Waals surface area contributed by atoms with Crippen molar-refractivity contribution in [2.75, 3.05) is 10.5 Å². The smallest absolute Gasteiger partial charge is 0.271 e. The number of benzene rings is 1. The minimum absolute atomic E-state index is 0.141. The lowest BCUT2D eigenvalue weighted by molar-refractivity contribution is 0.603. The highest BCUT2D eigenvalue weighted by molar-refractivity contribution is 7.94. The van der Waals surface area contributed by atoms with Crippen LogP contribution < -0.4 is 10.5 Å². The Hall–Kier alpha value is -2.04. The number of rotatable bonds is 3. The van der Waals surface area contributed by atoms with Gasteiger partial charge in [0.2, 0.25) is 0 Å². The van der Waals surface area contributed by atoms with Crippen LogP contribution in [0.5, 0.6) is 0 Å². The summed E-state index contributed by atoms with van der Waals surface area (Å²) in [7, 11) is -3.64. The van der Waals surface area contributed by atoms with E-state index in [9.17, 15) is 8.42 Å². The highest BCUT2D eigenvalue weighted by Gasteiger charge is 2.16. The zero-order valence-corrected chi connectivity index (χ0v) is 10.8. The van der Waals surface area contributed by atoms with E-state index in [-0.39, 0.29) is 4.21 Å². The molecule has 92 valence electrons. The summed E-state index contributed by atoms with van der Waals surface area (Å²) in [5.74, 6) is 0. The van der Waals surface area contributed by atoms with Crippen LogP contribution >= 0.6 is 11.3 Å². The van der Waals surface area contributed by atoms with Gasteiger partial charge in [-0.05, 0) is 24.3 Å². The second kappa shape index (κ2) is 4.68. The normalized spacial score (nSPS) is 10.8. The third-order valence-electron chi connectivity index (χ3n) is 2.10. The van der Waals surface area contributed by atoms with Crippen molar-refractivity contribution in [3.8, 4) is 6.07 Å². The molecule has 0 saturated carbocycles. The molecular formula is C11H9N3O2S2. The molecule has 0 amide bonds. The Kier molecular flexibility index (Phi) is 3.23. The molecule has 0 spiro atoms. The van der Waals surface area contributed by atoms with Crippen LogP contribution in [-0.2, 0) is 10.0 Å². The van der Waals surface area contributed by atoms with Crippen molar-refractivity contribution in [1.82, 2.24) is 0 Å². The SMILES string of the molecule is N#Cc1cccc(NS(=O)(=O)c2cc(N)cs2)c1. The van der Waals surface area contributed by atoms with Gasteiger partial charge >= 0.3 is 0 Å². The summed E-state index contributed by atoms with van der Waals surface area (Å²) in [6.45, 7) is 0. The number of thiophene rings is 1. The number of nitrogens with one attached hydrogen (secondary N) is 1. The summed E-state index contributed by atoms with van der Waals surface area (Å²) in [5, 5.41) is 10.3. The Balaban J connectivity index is 2.31. The minimum atomic E-state index is -3.64. The van der Waals surface area contributed by atoms with E-state index in [1.807, 2.05) is 6.07 Å². The van der Waals surface area contributed by atoms with Crippen LogP contribution in [0.15, 0.2) is 39.9 Å². The van der Waals surface area contributed by atoms with Gasteiger partial charge in [0.1, 0.15) is 4.21 Å². The van der Waals surface area contributed by atoms with E-state index >= 15 is 0 Å². The van der Waals surface area contributed by atoms with Crippen molar-refractivity contribution in [3.63, 3.8) is 0 Å². The highest BCUT2D eigenvalue weighted by atomic mass is 32.2. The molecule has 0 atom stereocenters. The van der Waals surface area contributed by atoms with E-state index in [2.05, 4.69) is 4.72 Å². The van der Waals surface area contributed by atoms with Crippen LogP contribution in [0.2, 0.25) is 0 Å². The molecule has 0 aliphatic carbocycles. The van der Waals surface area contributed by atoms with Gasteiger partial charge in [-0.25, -0.2) is 8.42 Å². The summed E-state index contributed by atoms with van der Waals surface area (Å²) in [4.78, 5) is 0. The van der Waals surface area contributed by atoms with E-state index in [1.165, 1.54) is 12.1 Å². The predicted molar refractivity (Wildman–Crippen MR) is 70.7 cm³/mol. The van der Waals surface area contributed by atoms with Crippen molar-refractivity contribution in [3.05, 3.63) is 41.3 Å². The van der Waals surface area contributed by atoms with Crippen molar-refractivity contribution in [1.29, 1.82) is 5.26 Å². The molecule has 1 aromatic carbocycles. The summed E-state index contributed by atoms with van der Waals surface area (Å²) in [6.07, 6.45) is 0. The van der Waals surface area contributed by atoms with Gasteiger partial charge in [0.25, 0.3) is 10.0 Å². The lowest BCUT2D eigenvalue weighted by Gasteiger charge is -2.05. The number of nitrogen functional groups attached to an aromatic ring is 1. The molecule has 0 aliphatic heterocycles. The Labute approximate surface area is 109 Å². The first-order chi connectivity index (χ1) is 8.51. The summed E-state index contributed by atoms with van der Waals surface area (Å²) >= 11 is 1.05. The molecule has 0 fully saturated rings. The van der Waals surface area contributed by atoms with E-state index < -0.39 is 10.0 Å². The summed E-state index contributed by atoms with van der Waals surface area (Å²) in [5.41, 5.74) is 6.64. The first-order valence-corrected chi connectivity index (χ1v) is 7.24. The fourth-order valence-corrected chi connectivity index (χ4v) is 3.46. The van der Waals surface area contributed by atoms with Gasteiger partial charge in [-0.1, -0.05) is 6.07 Å². The van der Waals surface area contributed by atoms with Crippen molar-refractivity contribution in [2.24, 2.45) is 0 Å². The van der Waals surface area contributed by atoms with E-state index in [1.54, 1.807) is 23.6 Å². The third kappa shape index (κ3) is 2.61. The molecule has 0 aliphatic rings. The Bertz CT molecular complexity index is 714. The van der Waals surface area contributed by atoms with Crippen LogP contribution in [0.3, 0.4) is 0 Å². The van der Waals surface area contributed by atoms with Gasteiger partial charge in [-0.15, -0.1) is 11.3 Å². The van der Waals surface area contributed by atoms with Gasteiger partial charge in [-0.3, -0.25) is 4.72 Å².